The molecule has 0 aliphatic carbocycles. The van der Waals surface area contributed by atoms with Crippen LogP contribution in [0.15, 0.2) is 24.8 Å². The third-order valence-electron chi connectivity index (χ3n) is 4.87. The third kappa shape index (κ3) is 5.11. The number of hydrogen-bond acceptors (Lipinski definition) is 11. The molecule has 2 N–H and O–H groups in total. The molecular weight excluding hydrogens is 563 g/mol. The maximum Gasteiger partial charge on any atom is 0.303 e. The summed E-state index contributed by atoms with van der Waals surface area (Å²) in [7, 11) is 0. The Balaban J connectivity index is 1.75. The number of anilines is 2. The molecule has 3 aromatic rings. The van der Waals surface area contributed by atoms with E-state index in [0.29, 0.717) is 20.8 Å². The van der Waals surface area contributed by atoms with Gasteiger partial charge in [-0.25, -0.2) is 15.0 Å². The van der Waals surface area contributed by atoms with E-state index in [0.717, 1.165) is 5.69 Å². The van der Waals surface area contributed by atoms with E-state index in [9.17, 15) is 14.4 Å². The van der Waals surface area contributed by atoms with Crippen molar-refractivity contribution in [3.63, 3.8) is 0 Å². The predicted octanol–water partition coefficient (Wildman–Crippen LogP) is 1.83. The number of halogens is 1. The van der Waals surface area contributed by atoms with Gasteiger partial charge in [0.15, 0.2) is 39.2 Å². The topological polar surface area (TPSA) is 160 Å². The Morgan fingerprint density at radius 2 is 1.88 bits per heavy atom. The molecular formula is C20H21IN6O7. The lowest BCUT2D eigenvalue weighted by Gasteiger charge is -2.23. The van der Waals surface area contributed by atoms with Crippen molar-refractivity contribution in [2.45, 2.75) is 45.3 Å². The number of hydrogen-bond donors (Lipinski definition) is 2. The second-order valence-corrected chi connectivity index (χ2v) is 8.37. The zero-order valence-corrected chi connectivity index (χ0v) is 20.5. The SMILES string of the molecule is CC(=O)OC[C@@H]1O[C@@H](n2cnc3c(Nc4cc[nH]c4)nc(I)nc32)[C@H](OC(C)=O)[C@@H]1OC(C)=O. The van der Waals surface area contributed by atoms with Gasteiger partial charge in [-0.2, -0.15) is 0 Å². The van der Waals surface area contributed by atoms with Crippen molar-refractivity contribution in [1.29, 1.82) is 0 Å². The standard InChI is InChI=1S/C20H21IN6O7/c1-9(28)31-7-13-15(32-10(2)29)16(33-11(3)30)19(34-13)27-8-23-14-17(24-12-4-5-22-6-12)25-20(21)26-18(14)27/h4-6,8,13,15-16,19,22H,7H2,1-3H3,(H,24,25,26)/t13-,15+,16+,19+/m0/s1. The number of nitrogens with one attached hydrogen (secondary N) is 2. The minimum atomic E-state index is -1.05. The van der Waals surface area contributed by atoms with Gasteiger partial charge < -0.3 is 29.2 Å². The van der Waals surface area contributed by atoms with Crippen LogP contribution in [0.5, 0.6) is 0 Å². The molecule has 4 rings (SSSR count). The first-order chi connectivity index (χ1) is 16.2. The number of carbonyl (C=O) groups excluding carboxylic acids is 3. The van der Waals surface area contributed by atoms with Crippen molar-refractivity contribution in [2.75, 3.05) is 11.9 Å². The van der Waals surface area contributed by atoms with Gasteiger partial charge in [-0.15, -0.1) is 0 Å². The summed E-state index contributed by atoms with van der Waals surface area (Å²) >= 11 is 1.98. The van der Waals surface area contributed by atoms with E-state index >= 15 is 0 Å². The molecule has 0 saturated carbocycles. The minimum absolute atomic E-state index is 0.207. The molecule has 0 amide bonds. The normalized spacial score (nSPS) is 21.9. The summed E-state index contributed by atoms with van der Waals surface area (Å²) < 4.78 is 24.1. The van der Waals surface area contributed by atoms with E-state index < -0.39 is 42.4 Å². The molecule has 0 radical (unpaired) electrons. The average Bonchev–Trinajstić information content (AvgIpc) is 3.46. The molecule has 0 bridgehead atoms. The van der Waals surface area contributed by atoms with Crippen LogP contribution in [0.25, 0.3) is 11.2 Å². The van der Waals surface area contributed by atoms with Gasteiger partial charge in [0.25, 0.3) is 0 Å². The molecule has 1 aliphatic heterocycles. The Morgan fingerprint density at radius 3 is 2.53 bits per heavy atom. The van der Waals surface area contributed by atoms with E-state index in [1.165, 1.54) is 27.1 Å². The molecule has 180 valence electrons. The van der Waals surface area contributed by atoms with Crippen molar-refractivity contribution < 1.29 is 33.3 Å². The first-order valence-electron chi connectivity index (χ1n) is 10.2. The van der Waals surface area contributed by atoms with Crippen molar-refractivity contribution in [2.24, 2.45) is 0 Å². The second-order valence-electron chi connectivity index (χ2n) is 7.41. The highest BCUT2D eigenvalue weighted by Crippen LogP contribution is 2.36. The highest BCUT2D eigenvalue weighted by molar-refractivity contribution is 14.1. The predicted molar refractivity (Wildman–Crippen MR) is 124 cm³/mol. The summed E-state index contributed by atoms with van der Waals surface area (Å²) in [5, 5.41) is 3.18. The number of rotatable bonds is 7. The highest BCUT2D eigenvalue weighted by Gasteiger charge is 2.51. The number of imidazole rings is 1. The zero-order valence-electron chi connectivity index (χ0n) is 18.4. The van der Waals surface area contributed by atoms with Gasteiger partial charge in [0.05, 0.1) is 12.0 Å². The molecule has 1 fully saturated rings. The maximum absolute atomic E-state index is 11.9. The molecule has 0 unspecified atom stereocenters. The fraction of sp³-hybridized carbons (Fsp3) is 0.400. The monoisotopic (exact) mass is 584 g/mol. The minimum Gasteiger partial charge on any atom is -0.463 e. The summed E-state index contributed by atoms with van der Waals surface area (Å²) in [6, 6.07) is 1.83. The summed E-state index contributed by atoms with van der Waals surface area (Å²) in [5.74, 6) is -1.28. The summed E-state index contributed by atoms with van der Waals surface area (Å²) in [6.45, 7) is 3.50. The first-order valence-corrected chi connectivity index (χ1v) is 11.2. The molecule has 34 heavy (non-hydrogen) atoms. The van der Waals surface area contributed by atoms with E-state index in [1.54, 1.807) is 17.0 Å². The van der Waals surface area contributed by atoms with Crippen molar-refractivity contribution in [1.82, 2.24) is 24.5 Å². The quantitative estimate of drug-likeness (QED) is 0.181. The lowest BCUT2D eigenvalue weighted by atomic mass is 10.1. The largest absolute Gasteiger partial charge is 0.463 e. The number of H-pyrrole nitrogens is 1. The number of aromatic nitrogens is 5. The number of aromatic amines is 1. The van der Waals surface area contributed by atoms with Gasteiger partial charge >= 0.3 is 17.9 Å². The first kappa shape index (κ1) is 23.9. The van der Waals surface area contributed by atoms with Gasteiger partial charge in [-0.3, -0.25) is 19.0 Å². The number of carbonyl (C=O) groups is 3. The molecule has 3 aromatic heterocycles. The smallest absolute Gasteiger partial charge is 0.303 e. The van der Waals surface area contributed by atoms with Gasteiger partial charge in [0.2, 0.25) is 0 Å². The lowest BCUT2D eigenvalue weighted by molar-refractivity contribution is -0.166. The summed E-state index contributed by atoms with van der Waals surface area (Å²) in [5.41, 5.74) is 1.62. The molecule has 13 nitrogen and oxygen atoms in total. The Hall–Kier alpha value is -3.27. The fourth-order valence-corrected chi connectivity index (χ4v) is 4.09. The second kappa shape index (κ2) is 9.92. The van der Waals surface area contributed by atoms with E-state index in [-0.39, 0.29) is 6.61 Å². The van der Waals surface area contributed by atoms with Gasteiger partial charge in [-0.1, -0.05) is 0 Å². The number of ether oxygens (including phenoxy) is 4. The third-order valence-corrected chi connectivity index (χ3v) is 5.35. The molecule has 0 spiro atoms. The van der Waals surface area contributed by atoms with Gasteiger partial charge in [0.1, 0.15) is 12.7 Å². The Labute approximate surface area is 206 Å². The van der Waals surface area contributed by atoms with Crippen molar-refractivity contribution in [3.8, 4) is 0 Å². The van der Waals surface area contributed by atoms with Gasteiger partial charge in [0, 0.05) is 55.8 Å². The number of esters is 3. The Morgan fingerprint density at radius 1 is 1.15 bits per heavy atom. The van der Waals surface area contributed by atoms with Crippen LogP contribution in [0, 0.1) is 3.83 Å². The molecule has 14 heteroatoms. The molecule has 1 saturated heterocycles. The van der Waals surface area contributed by atoms with Crippen LogP contribution in [-0.2, 0) is 33.3 Å². The molecule has 1 aliphatic rings. The van der Waals surface area contributed by atoms with Crippen LogP contribution >= 0.6 is 22.6 Å². The van der Waals surface area contributed by atoms with Crippen LogP contribution in [0.1, 0.15) is 27.0 Å². The van der Waals surface area contributed by atoms with Gasteiger partial charge in [-0.05, 0) is 6.07 Å². The number of nitrogens with zero attached hydrogens (tertiary/aromatic N) is 4. The molecule has 0 aromatic carbocycles. The highest BCUT2D eigenvalue weighted by atomic mass is 127. The van der Waals surface area contributed by atoms with Crippen LogP contribution in [0.2, 0.25) is 0 Å². The van der Waals surface area contributed by atoms with E-state index in [1.807, 2.05) is 28.7 Å². The van der Waals surface area contributed by atoms with E-state index in [2.05, 4.69) is 25.3 Å². The van der Waals surface area contributed by atoms with Crippen molar-refractivity contribution in [3.05, 3.63) is 28.6 Å². The fourth-order valence-electron chi connectivity index (χ4n) is 3.62. The lowest BCUT2D eigenvalue weighted by Crippen LogP contribution is -2.40. The van der Waals surface area contributed by atoms with Crippen molar-refractivity contribution >= 4 is 63.2 Å². The molecule has 4 heterocycles. The molecule has 4 atom stereocenters. The Bertz CT molecular complexity index is 1210. The van der Waals surface area contributed by atoms with Crippen LogP contribution < -0.4 is 5.32 Å². The van der Waals surface area contributed by atoms with Crippen LogP contribution in [0.4, 0.5) is 11.5 Å². The van der Waals surface area contributed by atoms with Crippen LogP contribution in [-0.4, -0.2) is 67.3 Å². The maximum atomic E-state index is 11.9. The van der Waals surface area contributed by atoms with Crippen LogP contribution in [0.3, 0.4) is 0 Å². The number of fused-ring (bicyclic) bond motifs is 1. The van der Waals surface area contributed by atoms with E-state index in [4.69, 9.17) is 18.9 Å². The average molecular weight is 584 g/mol. The summed E-state index contributed by atoms with van der Waals surface area (Å²) in [4.78, 5) is 51.3. The summed E-state index contributed by atoms with van der Waals surface area (Å²) in [6.07, 6.45) is 1.06. The zero-order chi connectivity index (χ0) is 24.4. The Kier molecular flexibility index (Phi) is 6.97.